The molecule has 168 valence electrons. The molecule has 0 bridgehead atoms. The first-order valence-electron chi connectivity index (χ1n) is 11.0. The van der Waals surface area contributed by atoms with E-state index in [1.807, 2.05) is 41.3 Å². The molecule has 7 heteroatoms. The van der Waals surface area contributed by atoms with E-state index in [9.17, 15) is 14.0 Å². The fraction of sp³-hybridized carbons (Fsp3) is 0.360. The summed E-state index contributed by atoms with van der Waals surface area (Å²) >= 11 is 0. The fourth-order valence-corrected chi connectivity index (χ4v) is 4.15. The highest BCUT2D eigenvalue weighted by atomic mass is 19.1. The van der Waals surface area contributed by atoms with Crippen LogP contribution in [0.15, 0.2) is 48.5 Å². The van der Waals surface area contributed by atoms with Crippen LogP contribution in [0.2, 0.25) is 0 Å². The average molecular weight is 438 g/mol. The molecule has 0 saturated carbocycles. The summed E-state index contributed by atoms with van der Waals surface area (Å²) in [6, 6.07) is 12.7. The lowest BCUT2D eigenvalue weighted by Crippen LogP contribution is -2.47. The second-order valence-electron chi connectivity index (χ2n) is 8.14. The Bertz CT molecular complexity index is 998. The zero-order valence-corrected chi connectivity index (χ0v) is 18.3. The van der Waals surface area contributed by atoms with E-state index in [2.05, 4.69) is 4.90 Å². The SMILES string of the molecule is COc1ccc(CN2CCN(C(=O)/C=C/c3ccc(N4CCCC4=O)cc3)CC2)cc1F. The van der Waals surface area contributed by atoms with Crippen molar-refractivity contribution >= 4 is 23.6 Å². The van der Waals surface area contributed by atoms with E-state index in [0.29, 0.717) is 26.1 Å². The summed E-state index contributed by atoms with van der Waals surface area (Å²) in [5.74, 6) is 0.0396. The summed E-state index contributed by atoms with van der Waals surface area (Å²) in [6.45, 7) is 4.17. The second-order valence-corrected chi connectivity index (χ2v) is 8.14. The number of nitrogens with zero attached hydrogens (tertiary/aromatic N) is 3. The van der Waals surface area contributed by atoms with Crippen molar-refractivity contribution in [3.63, 3.8) is 0 Å². The molecule has 2 aliphatic rings. The van der Waals surface area contributed by atoms with Gasteiger partial charge in [0.15, 0.2) is 11.6 Å². The van der Waals surface area contributed by atoms with E-state index < -0.39 is 0 Å². The molecule has 2 aliphatic heterocycles. The normalized spacial score (nSPS) is 17.4. The van der Waals surface area contributed by atoms with Crippen LogP contribution >= 0.6 is 0 Å². The molecule has 0 atom stereocenters. The Morgan fingerprint density at radius 3 is 2.44 bits per heavy atom. The van der Waals surface area contributed by atoms with Crippen LogP contribution in [-0.2, 0) is 16.1 Å². The molecule has 2 saturated heterocycles. The molecule has 0 aromatic heterocycles. The third-order valence-corrected chi connectivity index (χ3v) is 6.00. The van der Waals surface area contributed by atoms with Gasteiger partial charge in [-0.2, -0.15) is 0 Å². The van der Waals surface area contributed by atoms with Gasteiger partial charge < -0.3 is 14.5 Å². The number of rotatable bonds is 6. The molecule has 2 fully saturated rings. The summed E-state index contributed by atoms with van der Waals surface area (Å²) in [5, 5.41) is 0. The number of halogens is 1. The molecular formula is C25H28FN3O3. The highest BCUT2D eigenvalue weighted by molar-refractivity contribution is 5.95. The molecule has 2 heterocycles. The predicted octanol–water partition coefficient (Wildman–Crippen LogP) is 3.32. The van der Waals surface area contributed by atoms with Crippen molar-refractivity contribution in [1.82, 2.24) is 9.80 Å². The van der Waals surface area contributed by atoms with Crippen LogP contribution in [0.4, 0.5) is 10.1 Å². The summed E-state index contributed by atoms with van der Waals surface area (Å²) in [7, 11) is 1.45. The van der Waals surface area contributed by atoms with Gasteiger partial charge in [0.2, 0.25) is 11.8 Å². The molecule has 0 N–H and O–H groups in total. The maximum absolute atomic E-state index is 13.9. The van der Waals surface area contributed by atoms with Crippen molar-refractivity contribution in [3.05, 3.63) is 65.5 Å². The number of amides is 2. The van der Waals surface area contributed by atoms with Gasteiger partial charge in [-0.3, -0.25) is 14.5 Å². The van der Waals surface area contributed by atoms with Gasteiger partial charge in [-0.25, -0.2) is 4.39 Å². The van der Waals surface area contributed by atoms with E-state index in [4.69, 9.17) is 4.74 Å². The standard InChI is InChI=1S/C25H28FN3O3/c1-32-23-10-6-20(17-22(23)26)18-27-13-15-28(16-14-27)24(30)11-7-19-4-8-21(9-5-19)29-12-2-3-25(29)31/h4-11,17H,2-3,12-16,18H2,1H3/b11-7+. The third-order valence-electron chi connectivity index (χ3n) is 6.00. The molecule has 0 radical (unpaired) electrons. The molecule has 6 nitrogen and oxygen atoms in total. The van der Waals surface area contributed by atoms with Crippen LogP contribution in [0.1, 0.15) is 24.0 Å². The van der Waals surface area contributed by atoms with Crippen molar-refractivity contribution in [1.29, 1.82) is 0 Å². The van der Waals surface area contributed by atoms with Crippen LogP contribution in [0.25, 0.3) is 6.08 Å². The first-order chi connectivity index (χ1) is 15.5. The lowest BCUT2D eigenvalue weighted by molar-refractivity contribution is -0.127. The lowest BCUT2D eigenvalue weighted by Gasteiger charge is -2.34. The summed E-state index contributed by atoms with van der Waals surface area (Å²) in [6.07, 6.45) is 4.93. The number of carbonyl (C=O) groups excluding carboxylic acids is 2. The minimum atomic E-state index is -0.357. The molecule has 2 aromatic rings. The van der Waals surface area contributed by atoms with E-state index in [0.717, 1.165) is 42.9 Å². The van der Waals surface area contributed by atoms with Gasteiger partial charge in [-0.05, 0) is 47.9 Å². The van der Waals surface area contributed by atoms with Gasteiger partial charge in [0.1, 0.15) is 0 Å². The third kappa shape index (κ3) is 5.16. The topological polar surface area (TPSA) is 53.1 Å². The van der Waals surface area contributed by atoms with Gasteiger partial charge in [0.05, 0.1) is 7.11 Å². The predicted molar refractivity (Wildman–Crippen MR) is 122 cm³/mol. The number of hydrogen-bond donors (Lipinski definition) is 0. The Morgan fingerprint density at radius 1 is 1.06 bits per heavy atom. The Kier molecular flexibility index (Phi) is 6.85. The highest BCUT2D eigenvalue weighted by Crippen LogP contribution is 2.22. The van der Waals surface area contributed by atoms with Gasteiger partial charge in [-0.1, -0.05) is 18.2 Å². The summed E-state index contributed by atoms with van der Waals surface area (Å²) in [4.78, 5) is 30.3. The molecule has 4 rings (SSSR count). The van der Waals surface area contributed by atoms with Crippen molar-refractivity contribution < 1.29 is 18.7 Å². The largest absolute Gasteiger partial charge is 0.494 e. The number of anilines is 1. The Morgan fingerprint density at radius 2 is 1.81 bits per heavy atom. The second kappa shape index (κ2) is 9.96. The van der Waals surface area contributed by atoms with E-state index in [1.165, 1.54) is 13.2 Å². The summed E-state index contributed by atoms with van der Waals surface area (Å²) in [5.41, 5.74) is 2.72. The summed E-state index contributed by atoms with van der Waals surface area (Å²) < 4.78 is 18.9. The van der Waals surface area contributed by atoms with Gasteiger partial charge >= 0.3 is 0 Å². The van der Waals surface area contributed by atoms with E-state index in [1.54, 1.807) is 17.0 Å². The number of piperazine rings is 1. The van der Waals surface area contributed by atoms with Crippen molar-refractivity contribution in [2.45, 2.75) is 19.4 Å². The smallest absolute Gasteiger partial charge is 0.246 e. The molecule has 2 aromatic carbocycles. The highest BCUT2D eigenvalue weighted by Gasteiger charge is 2.22. The number of methoxy groups -OCH3 is 1. The van der Waals surface area contributed by atoms with Crippen LogP contribution in [0.3, 0.4) is 0 Å². The van der Waals surface area contributed by atoms with E-state index in [-0.39, 0.29) is 23.4 Å². The maximum Gasteiger partial charge on any atom is 0.246 e. The number of benzene rings is 2. The minimum absolute atomic E-state index is 0.0149. The first kappa shape index (κ1) is 22.0. The van der Waals surface area contributed by atoms with Crippen molar-refractivity contribution in [3.8, 4) is 5.75 Å². The van der Waals surface area contributed by atoms with Crippen LogP contribution in [0.5, 0.6) is 5.75 Å². The lowest BCUT2D eigenvalue weighted by atomic mass is 10.1. The molecule has 0 aliphatic carbocycles. The number of ether oxygens (including phenoxy) is 1. The first-order valence-corrected chi connectivity index (χ1v) is 11.0. The zero-order valence-electron chi connectivity index (χ0n) is 18.3. The maximum atomic E-state index is 13.9. The van der Waals surface area contributed by atoms with Crippen molar-refractivity contribution in [2.75, 3.05) is 44.7 Å². The van der Waals surface area contributed by atoms with E-state index >= 15 is 0 Å². The van der Waals surface area contributed by atoms with Crippen LogP contribution in [0, 0.1) is 5.82 Å². The van der Waals surface area contributed by atoms with Crippen LogP contribution < -0.4 is 9.64 Å². The number of hydrogen-bond acceptors (Lipinski definition) is 4. The Balaban J connectivity index is 1.26. The van der Waals surface area contributed by atoms with Crippen molar-refractivity contribution in [2.24, 2.45) is 0 Å². The van der Waals surface area contributed by atoms with Gasteiger partial charge in [0.25, 0.3) is 0 Å². The minimum Gasteiger partial charge on any atom is -0.494 e. The molecule has 0 spiro atoms. The van der Waals surface area contributed by atoms with Gasteiger partial charge in [-0.15, -0.1) is 0 Å². The average Bonchev–Trinajstić information content (AvgIpc) is 3.24. The zero-order chi connectivity index (χ0) is 22.5. The monoisotopic (exact) mass is 437 g/mol. The van der Waals surface area contributed by atoms with Crippen LogP contribution in [-0.4, -0.2) is 61.4 Å². The Hall–Kier alpha value is -3.19. The fourth-order valence-electron chi connectivity index (χ4n) is 4.15. The molecule has 2 amide bonds. The Labute approximate surface area is 187 Å². The number of carbonyl (C=O) groups is 2. The quantitative estimate of drug-likeness (QED) is 0.651. The molecular weight excluding hydrogens is 409 g/mol. The van der Waals surface area contributed by atoms with Gasteiger partial charge in [0, 0.05) is 57.5 Å². The molecule has 0 unspecified atom stereocenters. The molecule has 32 heavy (non-hydrogen) atoms.